The summed E-state index contributed by atoms with van der Waals surface area (Å²) in [6, 6.07) is 7.98. The summed E-state index contributed by atoms with van der Waals surface area (Å²) in [5.74, 6) is 0.808. The Hall–Kier alpha value is -0.260. The maximum absolute atomic E-state index is 6.32. The van der Waals surface area contributed by atoms with E-state index in [2.05, 4.69) is 28.2 Å². The lowest BCUT2D eigenvalue weighted by molar-refractivity contribution is 0.411. The highest BCUT2D eigenvalue weighted by molar-refractivity contribution is 9.10. The summed E-state index contributed by atoms with van der Waals surface area (Å²) in [6.45, 7) is 3.04. The minimum Gasteiger partial charge on any atom is -0.496 e. The van der Waals surface area contributed by atoms with Crippen molar-refractivity contribution in [1.29, 1.82) is 0 Å². The molecule has 6 heteroatoms. The highest BCUT2D eigenvalue weighted by Gasteiger charge is 2.20. The van der Waals surface area contributed by atoms with Crippen molar-refractivity contribution in [2.45, 2.75) is 19.4 Å². The van der Waals surface area contributed by atoms with Crippen LogP contribution in [0.5, 0.6) is 5.75 Å². The number of hydrogen-bond donors (Lipinski definition) is 1. The predicted molar refractivity (Wildman–Crippen MR) is 95.2 cm³/mol. The molecule has 1 heterocycles. The van der Waals surface area contributed by atoms with Gasteiger partial charge in [0.05, 0.1) is 26.3 Å². The summed E-state index contributed by atoms with van der Waals surface area (Å²) in [5, 5.41) is 3.52. The number of methoxy groups -OCH3 is 1. The molecule has 0 amide bonds. The number of rotatable bonds is 6. The molecule has 0 saturated carbocycles. The topological polar surface area (TPSA) is 21.3 Å². The van der Waals surface area contributed by atoms with Gasteiger partial charge in [0.2, 0.25) is 0 Å². The molecule has 2 rings (SSSR count). The number of benzene rings is 1. The summed E-state index contributed by atoms with van der Waals surface area (Å²) >= 11 is 17.3. The first kappa shape index (κ1) is 17.1. The number of halogens is 3. The third-order valence-electron chi connectivity index (χ3n) is 3.10. The zero-order chi connectivity index (χ0) is 15.4. The lowest BCUT2D eigenvalue weighted by Crippen LogP contribution is -2.23. The lowest BCUT2D eigenvalue weighted by Gasteiger charge is -2.19. The number of ether oxygens (including phenoxy) is 1. The highest BCUT2D eigenvalue weighted by atomic mass is 79.9. The summed E-state index contributed by atoms with van der Waals surface area (Å²) in [4.78, 5) is 0. The summed E-state index contributed by atoms with van der Waals surface area (Å²) in [6.07, 6.45) is 1.04. The summed E-state index contributed by atoms with van der Waals surface area (Å²) in [5.41, 5.74) is 2.13. The van der Waals surface area contributed by atoms with Crippen LogP contribution in [0.1, 0.15) is 30.5 Å². The Morgan fingerprint density at radius 2 is 2.10 bits per heavy atom. The van der Waals surface area contributed by atoms with Gasteiger partial charge in [0.25, 0.3) is 0 Å². The van der Waals surface area contributed by atoms with Crippen LogP contribution in [0.25, 0.3) is 0 Å². The largest absolute Gasteiger partial charge is 0.496 e. The highest BCUT2D eigenvalue weighted by Crippen LogP contribution is 2.39. The zero-order valence-corrected chi connectivity index (χ0v) is 15.7. The Bertz CT molecular complexity index is 618. The minimum absolute atomic E-state index is 0.0170. The Kier molecular flexibility index (Phi) is 6.38. The molecule has 2 aromatic rings. The van der Waals surface area contributed by atoms with Gasteiger partial charge in [0.15, 0.2) is 0 Å². The van der Waals surface area contributed by atoms with Gasteiger partial charge in [-0.1, -0.05) is 36.2 Å². The van der Waals surface area contributed by atoms with Gasteiger partial charge in [-0.2, -0.15) is 0 Å². The van der Waals surface area contributed by atoms with Crippen LogP contribution in [-0.2, 0) is 0 Å². The van der Waals surface area contributed by atoms with E-state index in [1.54, 1.807) is 7.11 Å². The molecule has 2 nitrogen and oxygen atoms in total. The summed E-state index contributed by atoms with van der Waals surface area (Å²) < 4.78 is 7.62. The molecule has 1 aromatic heterocycles. The summed E-state index contributed by atoms with van der Waals surface area (Å²) in [7, 11) is 1.65. The van der Waals surface area contributed by atoms with E-state index in [1.165, 1.54) is 11.3 Å². The molecule has 21 heavy (non-hydrogen) atoms. The molecule has 0 radical (unpaired) electrons. The van der Waals surface area contributed by atoms with Gasteiger partial charge in [-0.15, -0.1) is 11.3 Å². The van der Waals surface area contributed by atoms with Crippen LogP contribution in [-0.4, -0.2) is 13.7 Å². The van der Waals surface area contributed by atoms with Crippen molar-refractivity contribution in [3.8, 4) is 5.75 Å². The fourth-order valence-electron chi connectivity index (χ4n) is 2.11. The minimum atomic E-state index is 0.0170. The van der Waals surface area contributed by atoms with E-state index in [9.17, 15) is 0 Å². The van der Waals surface area contributed by atoms with E-state index in [0.29, 0.717) is 4.34 Å². The molecule has 0 aliphatic carbocycles. The van der Waals surface area contributed by atoms with Crippen molar-refractivity contribution in [2.75, 3.05) is 13.7 Å². The maximum atomic E-state index is 6.32. The van der Waals surface area contributed by atoms with Crippen molar-refractivity contribution >= 4 is 50.5 Å². The van der Waals surface area contributed by atoms with Gasteiger partial charge in [-0.3, -0.25) is 0 Å². The molecule has 1 N–H and O–H groups in total. The smallest absolute Gasteiger partial charge is 0.133 e. The SMILES string of the molecule is CCCNC(c1ccc(OC)c(Br)c1)c1cc(Cl)sc1Cl. The fraction of sp³-hybridized carbons (Fsp3) is 0.333. The van der Waals surface area contributed by atoms with Crippen molar-refractivity contribution in [2.24, 2.45) is 0 Å². The van der Waals surface area contributed by atoms with Crippen LogP contribution in [0.3, 0.4) is 0 Å². The second kappa shape index (κ2) is 7.84. The van der Waals surface area contributed by atoms with Crippen molar-refractivity contribution in [3.63, 3.8) is 0 Å². The molecular weight excluding hydrogens is 393 g/mol. The van der Waals surface area contributed by atoms with Crippen molar-refractivity contribution in [3.05, 3.63) is 48.5 Å². The van der Waals surface area contributed by atoms with E-state index in [0.717, 1.165) is 38.7 Å². The molecule has 114 valence electrons. The third kappa shape index (κ3) is 4.14. The molecule has 1 aromatic carbocycles. The molecular formula is C15H16BrCl2NOS. The monoisotopic (exact) mass is 407 g/mol. The maximum Gasteiger partial charge on any atom is 0.133 e. The van der Waals surface area contributed by atoms with E-state index in [4.69, 9.17) is 27.9 Å². The second-order valence-electron chi connectivity index (χ2n) is 4.56. The standard InChI is InChI=1S/C15H16BrCl2NOS/c1-3-6-19-14(10-8-13(17)21-15(10)18)9-4-5-12(20-2)11(16)7-9/h4-5,7-8,14,19H,3,6H2,1-2H3. The molecule has 0 aliphatic heterocycles. The van der Waals surface area contributed by atoms with Gasteiger partial charge in [0, 0.05) is 5.56 Å². The van der Waals surface area contributed by atoms with Gasteiger partial charge in [-0.05, 0) is 52.7 Å². The second-order valence-corrected chi connectivity index (χ2v) is 7.70. The quantitative estimate of drug-likeness (QED) is 0.640. The Labute approximate surface area is 147 Å². The number of hydrogen-bond acceptors (Lipinski definition) is 3. The van der Waals surface area contributed by atoms with Crippen LogP contribution in [0.2, 0.25) is 8.67 Å². The van der Waals surface area contributed by atoms with Crippen LogP contribution in [0.15, 0.2) is 28.7 Å². The van der Waals surface area contributed by atoms with Gasteiger partial charge >= 0.3 is 0 Å². The average molecular weight is 409 g/mol. The molecule has 0 fully saturated rings. The first-order valence-corrected chi connectivity index (χ1v) is 8.95. The van der Waals surface area contributed by atoms with Gasteiger partial charge in [-0.25, -0.2) is 0 Å². The predicted octanol–water partition coefficient (Wildman–Crippen LogP) is 5.92. The van der Waals surface area contributed by atoms with E-state index in [-0.39, 0.29) is 6.04 Å². The fourth-order valence-corrected chi connectivity index (χ4v) is 4.20. The van der Waals surface area contributed by atoms with Crippen LogP contribution >= 0.6 is 50.5 Å². The van der Waals surface area contributed by atoms with E-state index >= 15 is 0 Å². The Balaban J connectivity index is 2.40. The van der Waals surface area contributed by atoms with Gasteiger partial charge < -0.3 is 10.1 Å². The van der Waals surface area contributed by atoms with Crippen LogP contribution in [0, 0.1) is 0 Å². The third-order valence-corrected chi connectivity index (χ3v) is 5.24. The first-order valence-electron chi connectivity index (χ1n) is 6.58. The Morgan fingerprint density at radius 3 is 2.62 bits per heavy atom. The molecule has 0 aliphatic rings. The van der Waals surface area contributed by atoms with E-state index in [1.807, 2.05) is 24.3 Å². The van der Waals surface area contributed by atoms with E-state index < -0.39 is 0 Å². The van der Waals surface area contributed by atoms with Crippen molar-refractivity contribution < 1.29 is 4.74 Å². The molecule has 0 spiro atoms. The van der Waals surface area contributed by atoms with Crippen molar-refractivity contribution in [1.82, 2.24) is 5.32 Å². The average Bonchev–Trinajstić information content (AvgIpc) is 2.78. The molecule has 0 saturated heterocycles. The van der Waals surface area contributed by atoms with Gasteiger partial charge in [0.1, 0.15) is 5.75 Å². The number of nitrogens with one attached hydrogen (secondary N) is 1. The molecule has 1 atom stereocenters. The molecule has 1 unspecified atom stereocenters. The number of thiophene rings is 1. The zero-order valence-electron chi connectivity index (χ0n) is 11.8. The normalized spacial score (nSPS) is 12.4. The van der Waals surface area contributed by atoms with Crippen LogP contribution in [0.4, 0.5) is 0 Å². The van der Waals surface area contributed by atoms with Crippen LogP contribution < -0.4 is 10.1 Å². The Morgan fingerprint density at radius 1 is 1.33 bits per heavy atom. The first-order chi connectivity index (χ1) is 10.1. The lowest BCUT2D eigenvalue weighted by atomic mass is 10.0. The molecule has 0 bridgehead atoms.